The van der Waals surface area contributed by atoms with Gasteiger partial charge in [-0.1, -0.05) is 31.0 Å². The van der Waals surface area contributed by atoms with Gasteiger partial charge in [0.05, 0.1) is 12.3 Å². The van der Waals surface area contributed by atoms with E-state index in [0.29, 0.717) is 13.0 Å². The lowest BCUT2D eigenvalue weighted by molar-refractivity contribution is -0.144. The molecule has 152 valence electrons. The number of carbonyl (C=O) groups is 3. The van der Waals surface area contributed by atoms with E-state index in [0.717, 1.165) is 31.4 Å². The highest BCUT2D eigenvalue weighted by Crippen LogP contribution is 2.38. The molecule has 0 bridgehead atoms. The molecule has 3 rings (SSSR count). The standard InChI is InChI=1S/C22H30N2O4/c1-3-23(13-12-20(25)26)21(27)17-9-5-6-10-18(17)22(28)24-15(2)14-16-8-4-7-11-19(16)24/h4,7-8,11,15,17-18H,3,5-6,9-10,12-14H2,1-2H3,(H,25,26). The van der Waals surface area contributed by atoms with Crippen LogP contribution in [0.5, 0.6) is 0 Å². The molecule has 0 aromatic heterocycles. The van der Waals surface area contributed by atoms with Crippen molar-refractivity contribution in [1.29, 1.82) is 0 Å². The molecule has 0 spiro atoms. The van der Waals surface area contributed by atoms with Crippen LogP contribution in [0.1, 0.15) is 51.5 Å². The molecule has 1 saturated carbocycles. The molecule has 0 saturated heterocycles. The van der Waals surface area contributed by atoms with Crippen LogP contribution >= 0.6 is 0 Å². The minimum Gasteiger partial charge on any atom is -0.481 e. The van der Waals surface area contributed by atoms with Gasteiger partial charge >= 0.3 is 5.97 Å². The molecule has 1 aliphatic heterocycles. The molecule has 28 heavy (non-hydrogen) atoms. The molecule has 1 N–H and O–H groups in total. The second-order valence-electron chi connectivity index (χ2n) is 7.95. The molecule has 6 nitrogen and oxygen atoms in total. The summed E-state index contributed by atoms with van der Waals surface area (Å²) in [6, 6.07) is 8.09. The van der Waals surface area contributed by atoms with Crippen molar-refractivity contribution in [3.63, 3.8) is 0 Å². The van der Waals surface area contributed by atoms with Crippen LogP contribution in [0, 0.1) is 11.8 Å². The molecule has 2 aliphatic rings. The number of para-hydroxylation sites is 1. The molecule has 1 fully saturated rings. The Kier molecular flexibility index (Phi) is 6.37. The van der Waals surface area contributed by atoms with Gasteiger partial charge in [0.1, 0.15) is 0 Å². The van der Waals surface area contributed by atoms with Crippen molar-refractivity contribution in [3.05, 3.63) is 29.8 Å². The number of anilines is 1. The zero-order valence-corrected chi connectivity index (χ0v) is 16.8. The molecule has 2 amide bonds. The first kappa shape index (κ1) is 20.4. The Hall–Kier alpha value is -2.37. The molecule has 3 atom stereocenters. The Morgan fingerprint density at radius 3 is 2.50 bits per heavy atom. The lowest BCUT2D eigenvalue weighted by Crippen LogP contribution is -2.48. The molecule has 1 aliphatic carbocycles. The Bertz CT molecular complexity index is 748. The van der Waals surface area contributed by atoms with E-state index >= 15 is 0 Å². The number of carboxylic acid groups (broad SMARTS) is 1. The van der Waals surface area contributed by atoms with Gasteiger partial charge in [0, 0.05) is 30.7 Å². The maximum absolute atomic E-state index is 13.5. The predicted molar refractivity (Wildman–Crippen MR) is 107 cm³/mol. The van der Waals surface area contributed by atoms with Gasteiger partial charge in [0.25, 0.3) is 0 Å². The van der Waals surface area contributed by atoms with E-state index in [1.54, 1.807) is 4.90 Å². The Balaban J connectivity index is 1.80. The van der Waals surface area contributed by atoms with Crippen molar-refractivity contribution in [2.45, 2.75) is 58.4 Å². The summed E-state index contributed by atoms with van der Waals surface area (Å²) in [5.74, 6) is -1.61. The van der Waals surface area contributed by atoms with Crippen LogP contribution in [0.3, 0.4) is 0 Å². The molecule has 1 heterocycles. The van der Waals surface area contributed by atoms with E-state index in [1.165, 1.54) is 5.56 Å². The number of aliphatic carboxylic acids is 1. The van der Waals surface area contributed by atoms with Gasteiger partial charge < -0.3 is 14.9 Å². The summed E-state index contributed by atoms with van der Waals surface area (Å²) in [5.41, 5.74) is 2.15. The number of nitrogens with zero attached hydrogens (tertiary/aromatic N) is 2. The predicted octanol–water partition coefficient (Wildman–Crippen LogP) is 3.09. The van der Waals surface area contributed by atoms with E-state index in [4.69, 9.17) is 5.11 Å². The van der Waals surface area contributed by atoms with Crippen molar-refractivity contribution in [3.8, 4) is 0 Å². The second-order valence-corrected chi connectivity index (χ2v) is 7.95. The molecule has 0 radical (unpaired) electrons. The summed E-state index contributed by atoms with van der Waals surface area (Å²) < 4.78 is 0. The third-order valence-corrected chi connectivity index (χ3v) is 6.13. The number of hydrogen-bond donors (Lipinski definition) is 1. The first-order valence-electron chi connectivity index (χ1n) is 10.4. The highest BCUT2D eigenvalue weighted by molar-refractivity contribution is 6.00. The molecular weight excluding hydrogens is 356 g/mol. The van der Waals surface area contributed by atoms with Crippen LogP contribution in [0.25, 0.3) is 0 Å². The number of rotatable bonds is 6. The summed E-state index contributed by atoms with van der Waals surface area (Å²) in [7, 11) is 0. The van der Waals surface area contributed by atoms with Crippen molar-refractivity contribution >= 4 is 23.5 Å². The van der Waals surface area contributed by atoms with Crippen molar-refractivity contribution in [1.82, 2.24) is 4.90 Å². The van der Waals surface area contributed by atoms with E-state index in [2.05, 4.69) is 13.0 Å². The fourth-order valence-corrected chi connectivity index (χ4v) is 4.69. The third kappa shape index (κ3) is 4.05. The number of amides is 2. The molecule has 1 aromatic carbocycles. The van der Waals surface area contributed by atoms with Gasteiger partial charge in [-0.25, -0.2) is 0 Å². The Labute approximate surface area is 166 Å². The summed E-state index contributed by atoms with van der Waals surface area (Å²) in [4.78, 5) is 41.1. The van der Waals surface area contributed by atoms with Gasteiger partial charge in [0.2, 0.25) is 11.8 Å². The molecule has 1 aromatic rings. The summed E-state index contributed by atoms with van der Waals surface area (Å²) in [5, 5.41) is 8.96. The highest BCUT2D eigenvalue weighted by Gasteiger charge is 2.42. The van der Waals surface area contributed by atoms with Crippen molar-refractivity contribution in [2.24, 2.45) is 11.8 Å². The van der Waals surface area contributed by atoms with Crippen LogP contribution < -0.4 is 4.90 Å². The quantitative estimate of drug-likeness (QED) is 0.815. The van der Waals surface area contributed by atoms with Crippen molar-refractivity contribution < 1.29 is 19.5 Å². The number of carboxylic acids is 1. The van der Waals surface area contributed by atoms with E-state index in [9.17, 15) is 14.4 Å². The number of hydrogen-bond acceptors (Lipinski definition) is 3. The summed E-state index contributed by atoms with van der Waals surface area (Å²) >= 11 is 0. The highest BCUT2D eigenvalue weighted by atomic mass is 16.4. The lowest BCUT2D eigenvalue weighted by Gasteiger charge is -2.36. The largest absolute Gasteiger partial charge is 0.481 e. The zero-order chi connectivity index (χ0) is 20.3. The molecule has 6 heteroatoms. The van der Waals surface area contributed by atoms with E-state index < -0.39 is 5.97 Å². The molecule has 3 unspecified atom stereocenters. The van der Waals surface area contributed by atoms with E-state index in [1.807, 2.05) is 30.0 Å². The topological polar surface area (TPSA) is 77.9 Å². The lowest BCUT2D eigenvalue weighted by atomic mass is 9.77. The Morgan fingerprint density at radius 2 is 1.82 bits per heavy atom. The monoisotopic (exact) mass is 386 g/mol. The maximum atomic E-state index is 13.5. The van der Waals surface area contributed by atoms with Crippen molar-refractivity contribution in [2.75, 3.05) is 18.0 Å². The van der Waals surface area contributed by atoms with Crippen LogP contribution in [0.2, 0.25) is 0 Å². The molecular formula is C22H30N2O4. The van der Waals surface area contributed by atoms with Crippen LogP contribution in [0.4, 0.5) is 5.69 Å². The second kappa shape index (κ2) is 8.76. The van der Waals surface area contributed by atoms with Crippen LogP contribution in [0.15, 0.2) is 24.3 Å². The van der Waals surface area contributed by atoms with Gasteiger partial charge in [-0.2, -0.15) is 0 Å². The van der Waals surface area contributed by atoms with Gasteiger partial charge in [0.15, 0.2) is 0 Å². The smallest absolute Gasteiger partial charge is 0.305 e. The average Bonchev–Trinajstić information content (AvgIpc) is 3.03. The van der Waals surface area contributed by atoms with E-state index in [-0.39, 0.29) is 42.7 Å². The SMILES string of the molecule is CCN(CCC(=O)O)C(=O)C1CCCCC1C(=O)N1c2ccccc2CC1C. The third-order valence-electron chi connectivity index (χ3n) is 6.13. The fourth-order valence-electron chi connectivity index (χ4n) is 4.69. The fraction of sp³-hybridized carbons (Fsp3) is 0.591. The zero-order valence-electron chi connectivity index (χ0n) is 16.8. The van der Waals surface area contributed by atoms with Crippen LogP contribution in [-0.4, -0.2) is 46.9 Å². The first-order valence-corrected chi connectivity index (χ1v) is 10.4. The van der Waals surface area contributed by atoms with Gasteiger partial charge in [-0.15, -0.1) is 0 Å². The van der Waals surface area contributed by atoms with Gasteiger partial charge in [-0.05, 0) is 44.7 Å². The normalized spacial score (nSPS) is 23.9. The summed E-state index contributed by atoms with van der Waals surface area (Å²) in [6.45, 7) is 4.58. The minimum atomic E-state index is -0.912. The Morgan fingerprint density at radius 1 is 1.14 bits per heavy atom. The van der Waals surface area contributed by atoms with Crippen LogP contribution in [-0.2, 0) is 20.8 Å². The minimum absolute atomic E-state index is 0.0461. The average molecular weight is 386 g/mol. The summed E-state index contributed by atoms with van der Waals surface area (Å²) in [6.07, 6.45) is 4.07. The number of benzene rings is 1. The maximum Gasteiger partial charge on any atom is 0.305 e. The number of carbonyl (C=O) groups excluding carboxylic acids is 2. The number of fused-ring (bicyclic) bond motifs is 1. The van der Waals surface area contributed by atoms with Gasteiger partial charge in [-0.3, -0.25) is 14.4 Å². The first-order chi connectivity index (χ1) is 13.4.